The number of ether oxygens (including phenoxy) is 1. The Labute approximate surface area is 90.3 Å². The second-order valence-corrected chi connectivity index (χ2v) is 3.10. The van der Waals surface area contributed by atoms with Crippen LogP contribution in [0.4, 0.5) is 5.69 Å². The molecule has 1 aromatic carbocycles. The van der Waals surface area contributed by atoms with E-state index in [1.165, 1.54) is 31.5 Å². The third kappa shape index (κ3) is 1.40. The van der Waals surface area contributed by atoms with Crippen molar-refractivity contribution in [2.75, 3.05) is 7.11 Å². The van der Waals surface area contributed by atoms with Gasteiger partial charge in [-0.3, -0.25) is 15.1 Å². The molecule has 1 aromatic heterocycles. The van der Waals surface area contributed by atoms with Crippen LogP contribution in [0.15, 0.2) is 24.4 Å². The van der Waals surface area contributed by atoms with Crippen LogP contribution in [0.3, 0.4) is 0 Å². The molecule has 2 aromatic rings. The van der Waals surface area contributed by atoms with Gasteiger partial charge < -0.3 is 9.84 Å². The van der Waals surface area contributed by atoms with Gasteiger partial charge in [0.1, 0.15) is 22.4 Å². The Bertz CT molecular complexity index is 568. The molecule has 0 atom stereocenters. The van der Waals surface area contributed by atoms with Crippen molar-refractivity contribution in [2.45, 2.75) is 0 Å². The molecule has 0 amide bonds. The number of nitro benzene ring substituents is 1. The van der Waals surface area contributed by atoms with Crippen molar-refractivity contribution in [2.24, 2.45) is 0 Å². The zero-order valence-electron chi connectivity index (χ0n) is 8.38. The van der Waals surface area contributed by atoms with Gasteiger partial charge in [0.15, 0.2) is 0 Å². The molecule has 0 spiro atoms. The zero-order chi connectivity index (χ0) is 11.7. The number of pyridine rings is 1. The van der Waals surface area contributed by atoms with Crippen LogP contribution >= 0.6 is 0 Å². The van der Waals surface area contributed by atoms with Gasteiger partial charge in [0, 0.05) is 12.3 Å². The van der Waals surface area contributed by atoms with Crippen LogP contribution in [-0.4, -0.2) is 22.1 Å². The van der Waals surface area contributed by atoms with E-state index in [2.05, 4.69) is 4.98 Å². The molecule has 0 aliphatic carbocycles. The minimum Gasteiger partial charge on any atom is -0.506 e. The monoisotopic (exact) mass is 220 g/mol. The molecule has 16 heavy (non-hydrogen) atoms. The highest BCUT2D eigenvalue weighted by Crippen LogP contribution is 2.36. The lowest BCUT2D eigenvalue weighted by Gasteiger charge is -2.05. The summed E-state index contributed by atoms with van der Waals surface area (Å²) < 4.78 is 5.02. The lowest BCUT2D eigenvalue weighted by atomic mass is 10.1. The molecule has 0 aliphatic rings. The van der Waals surface area contributed by atoms with E-state index in [1.807, 2.05) is 0 Å². The maximum atomic E-state index is 10.8. The number of benzene rings is 1. The molecule has 0 fully saturated rings. The number of non-ortho nitro benzene ring substituents is 1. The molecule has 1 N–H and O–H groups in total. The van der Waals surface area contributed by atoms with E-state index >= 15 is 0 Å². The van der Waals surface area contributed by atoms with Crippen molar-refractivity contribution in [3.8, 4) is 11.5 Å². The number of aromatic nitrogens is 1. The molecule has 0 radical (unpaired) electrons. The van der Waals surface area contributed by atoms with Crippen molar-refractivity contribution in [3.05, 3.63) is 34.5 Å². The molecular weight excluding hydrogens is 212 g/mol. The largest absolute Gasteiger partial charge is 0.506 e. The summed E-state index contributed by atoms with van der Waals surface area (Å²) in [6, 6.07) is 3.98. The van der Waals surface area contributed by atoms with Crippen LogP contribution in [-0.2, 0) is 0 Å². The highest BCUT2D eigenvalue weighted by Gasteiger charge is 2.18. The number of phenols is 1. The van der Waals surface area contributed by atoms with Crippen molar-refractivity contribution >= 4 is 16.6 Å². The molecule has 1 heterocycles. The number of aromatic hydroxyl groups is 1. The summed E-state index contributed by atoms with van der Waals surface area (Å²) in [5.41, 5.74) is 0.0197. The highest BCUT2D eigenvalue weighted by atomic mass is 16.6. The first-order valence-corrected chi connectivity index (χ1v) is 4.44. The zero-order valence-corrected chi connectivity index (χ0v) is 8.38. The lowest BCUT2D eigenvalue weighted by Crippen LogP contribution is -1.94. The predicted molar refractivity (Wildman–Crippen MR) is 56.6 cm³/mol. The minimum atomic E-state index is -0.536. The van der Waals surface area contributed by atoms with Crippen LogP contribution in [0.2, 0.25) is 0 Å². The number of hydrogen-bond donors (Lipinski definition) is 1. The summed E-state index contributed by atoms with van der Waals surface area (Å²) in [4.78, 5) is 14.2. The SMILES string of the molecule is COc1ccnc2c(O)ccc([N+](=O)[O-])c12. The van der Waals surface area contributed by atoms with E-state index in [0.717, 1.165) is 0 Å². The predicted octanol–water partition coefficient (Wildman–Crippen LogP) is 1.86. The molecule has 0 unspecified atom stereocenters. The van der Waals surface area contributed by atoms with Crippen LogP contribution in [0.5, 0.6) is 11.5 Å². The van der Waals surface area contributed by atoms with E-state index in [-0.39, 0.29) is 22.3 Å². The van der Waals surface area contributed by atoms with Gasteiger partial charge in [0.25, 0.3) is 5.69 Å². The van der Waals surface area contributed by atoms with Crippen molar-refractivity contribution in [1.29, 1.82) is 0 Å². The summed E-state index contributed by atoms with van der Waals surface area (Å²) >= 11 is 0. The van der Waals surface area contributed by atoms with E-state index in [0.29, 0.717) is 5.75 Å². The van der Waals surface area contributed by atoms with E-state index < -0.39 is 4.92 Å². The normalized spacial score (nSPS) is 10.3. The van der Waals surface area contributed by atoms with Gasteiger partial charge in [-0.2, -0.15) is 0 Å². The highest BCUT2D eigenvalue weighted by molar-refractivity contribution is 5.96. The Morgan fingerprint density at radius 3 is 2.81 bits per heavy atom. The third-order valence-corrected chi connectivity index (χ3v) is 2.23. The Morgan fingerprint density at radius 2 is 2.19 bits per heavy atom. The smallest absolute Gasteiger partial charge is 0.282 e. The standard InChI is InChI=1S/C10H8N2O4/c1-16-8-4-5-11-10-7(13)3-2-6(9(8)10)12(14)15/h2-5,13H,1H3. The van der Waals surface area contributed by atoms with Gasteiger partial charge in [-0.15, -0.1) is 0 Å². The fourth-order valence-electron chi connectivity index (χ4n) is 1.53. The second-order valence-electron chi connectivity index (χ2n) is 3.10. The Kier molecular flexibility index (Phi) is 2.32. The quantitative estimate of drug-likeness (QED) is 0.616. The Balaban J connectivity index is 2.93. The summed E-state index contributed by atoms with van der Waals surface area (Å²) in [6.07, 6.45) is 1.42. The van der Waals surface area contributed by atoms with Gasteiger partial charge in [0.05, 0.1) is 12.0 Å². The number of nitrogens with zero attached hydrogens (tertiary/aromatic N) is 2. The number of rotatable bonds is 2. The fourth-order valence-corrected chi connectivity index (χ4v) is 1.53. The Morgan fingerprint density at radius 1 is 1.44 bits per heavy atom. The number of phenolic OH excluding ortho intramolecular Hbond substituents is 1. The molecule has 6 heteroatoms. The van der Waals surface area contributed by atoms with Crippen LogP contribution in [0, 0.1) is 10.1 Å². The summed E-state index contributed by atoms with van der Waals surface area (Å²) in [5.74, 6) is 0.201. The summed E-state index contributed by atoms with van der Waals surface area (Å²) in [7, 11) is 1.41. The fraction of sp³-hybridized carbons (Fsp3) is 0.100. The van der Waals surface area contributed by atoms with Gasteiger partial charge in [0.2, 0.25) is 0 Å². The first-order chi connectivity index (χ1) is 7.65. The molecule has 0 aliphatic heterocycles. The molecular formula is C10H8N2O4. The second kappa shape index (κ2) is 3.65. The molecule has 0 bridgehead atoms. The summed E-state index contributed by atoms with van der Waals surface area (Å²) in [6.45, 7) is 0. The first kappa shape index (κ1) is 10.2. The van der Waals surface area contributed by atoms with Crippen LogP contribution < -0.4 is 4.74 Å². The van der Waals surface area contributed by atoms with Crippen LogP contribution in [0.1, 0.15) is 0 Å². The Hall–Kier alpha value is -2.37. The van der Waals surface area contributed by atoms with Gasteiger partial charge in [-0.05, 0) is 12.1 Å². The average molecular weight is 220 g/mol. The van der Waals surface area contributed by atoms with Crippen molar-refractivity contribution in [3.63, 3.8) is 0 Å². The van der Waals surface area contributed by atoms with E-state index in [4.69, 9.17) is 4.74 Å². The molecule has 0 saturated carbocycles. The average Bonchev–Trinajstić information content (AvgIpc) is 2.28. The van der Waals surface area contributed by atoms with E-state index in [9.17, 15) is 15.2 Å². The van der Waals surface area contributed by atoms with Crippen molar-refractivity contribution in [1.82, 2.24) is 4.98 Å². The molecule has 6 nitrogen and oxygen atoms in total. The molecule has 0 saturated heterocycles. The molecule has 2 rings (SSSR count). The van der Waals surface area contributed by atoms with E-state index in [1.54, 1.807) is 0 Å². The topological polar surface area (TPSA) is 85.5 Å². The van der Waals surface area contributed by atoms with Crippen LogP contribution in [0.25, 0.3) is 10.9 Å². The summed E-state index contributed by atoms with van der Waals surface area (Å²) in [5, 5.41) is 20.6. The van der Waals surface area contributed by atoms with Gasteiger partial charge >= 0.3 is 0 Å². The number of nitro groups is 1. The number of methoxy groups -OCH3 is 1. The van der Waals surface area contributed by atoms with Gasteiger partial charge in [-0.1, -0.05) is 0 Å². The maximum Gasteiger partial charge on any atom is 0.282 e. The van der Waals surface area contributed by atoms with Gasteiger partial charge in [-0.25, -0.2) is 0 Å². The minimum absolute atomic E-state index is 0.112. The number of fused-ring (bicyclic) bond motifs is 1. The first-order valence-electron chi connectivity index (χ1n) is 4.44. The lowest BCUT2D eigenvalue weighted by molar-refractivity contribution is -0.383. The number of hydrogen-bond acceptors (Lipinski definition) is 5. The maximum absolute atomic E-state index is 10.8. The van der Waals surface area contributed by atoms with Crippen molar-refractivity contribution < 1.29 is 14.8 Å². The third-order valence-electron chi connectivity index (χ3n) is 2.23. The molecule has 82 valence electrons.